The molecule has 142 valence electrons. The molecule has 4 rings (SSSR count). The van der Waals surface area contributed by atoms with Crippen LogP contribution < -0.4 is 15.4 Å². The number of ether oxygens (including phenoxy) is 1. The quantitative estimate of drug-likeness (QED) is 0.528. The number of nitrogens with one attached hydrogen (secondary N) is 2. The van der Waals surface area contributed by atoms with Crippen LogP contribution in [0.3, 0.4) is 0 Å². The van der Waals surface area contributed by atoms with Gasteiger partial charge in [-0.1, -0.05) is 48.5 Å². The Morgan fingerprint density at radius 3 is 2.18 bits per heavy atom. The topological polar surface area (TPSA) is 59.1 Å². The number of hydrogen-bond acceptors (Lipinski definition) is 5. The molecule has 0 saturated heterocycles. The molecule has 4 aromatic rings. The van der Waals surface area contributed by atoms with Crippen LogP contribution in [-0.4, -0.2) is 24.1 Å². The number of aromatic nitrogens is 2. The third-order valence-electron chi connectivity index (χ3n) is 4.10. The van der Waals surface area contributed by atoms with E-state index in [9.17, 15) is 0 Å². The maximum Gasteiger partial charge on any atom is 0.240 e. The fourth-order valence-corrected chi connectivity index (χ4v) is 2.79. The Balaban J connectivity index is 0.000000211. The lowest BCUT2D eigenvalue weighted by molar-refractivity contribution is 0.402. The number of pyridine rings is 2. The van der Waals surface area contributed by atoms with Gasteiger partial charge in [0.2, 0.25) is 5.88 Å². The Morgan fingerprint density at radius 1 is 0.821 bits per heavy atom. The maximum atomic E-state index is 5.23. The van der Waals surface area contributed by atoms with Gasteiger partial charge < -0.3 is 15.4 Å². The fourth-order valence-electron chi connectivity index (χ4n) is 2.79. The molecule has 0 aliphatic rings. The largest absolute Gasteiger partial charge is 0.479 e. The van der Waals surface area contributed by atoms with E-state index in [4.69, 9.17) is 4.74 Å². The average molecular weight is 372 g/mol. The fraction of sp³-hybridized carbons (Fsp3) is 0.130. The molecule has 0 spiro atoms. The molecule has 0 unspecified atom stereocenters. The molecule has 2 aromatic carbocycles. The number of fused-ring (bicyclic) bond motifs is 1. The van der Waals surface area contributed by atoms with E-state index < -0.39 is 0 Å². The van der Waals surface area contributed by atoms with E-state index in [-0.39, 0.29) is 0 Å². The number of nitrogens with zero attached hydrogens (tertiary/aromatic N) is 2. The minimum atomic E-state index is 0.536. The summed E-state index contributed by atoms with van der Waals surface area (Å²) >= 11 is 0. The molecular weight excluding hydrogens is 348 g/mol. The Bertz CT molecular complexity index is 991. The average Bonchev–Trinajstić information content (AvgIpc) is 2.76. The number of hydrogen-bond donors (Lipinski definition) is 2. The summed E-state index contributed by atoms with van der Waals surface area (Å²) < 4.78 is 5.23. The first-order valence-electron chi connectivity index (χ1n) is 9.10. The minimum absolute atomic E-state index is 0.536. The molecule has 0 aliphatic heterocycles. The van der Waals surface area contributed by atoms with E-state index in [2.05, 4.69) is 32.7 Å². The molecule has 5 heteroatoms. The highest BCUT2D eigenvalue weighted by molar-refractivity contribution is 5.95. The Morgan fingerprint density at radius 2 is 1.50 bits per heavy atom. The molecule has 0 atom stereocenters. The van der Waals surface area contributed by atoms with Crippen molar-refractivity contribution < 1.29 is 4.74 Å². The van der Waals surface area contributed by atoms with E-state index in [1.807, 2.05) is 67.7 Å². The third-order valence-corrected chi connectivity index (χ3v) is 4.10. The van der Waals surface area contributed by atoms with Crippen molar-refractivity contribution in [2.24, 2.45) is 0 Å². The van der Waals surface area contributed by atoms with E-state index in [0.29, 0.717) is 5.88 Å². The Kier molecular flexibility index (Phi) is 6.93. The molecule has 2 heterocycles. The second kappa shape index (κ2) is 10.0. The normalized spacial score (nSPS) is 10.1. The highest BCUT2D eigenvalue weighted by atomic mass is 16.5. The zero-order valence-electron chi connectivity index (χ0n) is 16.1. The zero-order valence-corrected chi connectivity index (χ0v) is 16.1. The summed E-state index contributed by atoms with van der Waals surface area (Å²) in [6, 6.07) is 24.2. The van der Waals surface area contributed by atoms with Crippen LogP contribution in [0.1, 0.15) is 5.56 Å². The maximum absolute atomic E-state index is 5.23. The van der Waals surface area contributed by atoms with Crippen molar-refractivity contribution in [2.45, 2.75) is 6.54 Å². The van der Waals surface area contributed by atoms with Crippen molar-refractivity contribution in [1.29, 1.82) is 0 Å². The van der Waals surface area contributed by atoms with E-state index >= 15 is 0 Å². The number of benzene rings is 2. The summed E-state index contributed by atoms with van der Waals surface area (Å²) in [5.41, 5.74) is 4.11. The van der Waals surface area contributed by atoms with Gasteiger partial charge in [0.15, 0.2) is 0 Å². The number of rotatable bonds is 5. The number of para-hydroxylation sites is 1. The zero-order chi connectivity index (χ0) is 19.6. The van der Waals surface area contributed by atoms with E-state index in [1.54, 1.807) is 19.5 Å². The lowest BCUT2D eigenvalue weighted by atomic mass is 10.2. The summed E-state index contributed by atoms with van der Waals surface area (Å²) in [6.07, 6.45) is 3.47. The highest BCUT2D eigenvalue weighted by Gasteiger charge is 2.07. The van der Waals surface area contributed by atoms with Crippen molar-refractivity contribution in [1.82, 2.24) is 15.3 Å². The van der Waals surface area contributed by atoms with Gasteiger partial charge in [-0.25, -0.2) is 4.98 Å². The second-order valence-electron chi connectivity index (χ2n) is 6.08. The molecular formula is C23H24N4O. The number of methoxy groups -OCH3 is 1. The first-order valence-corrected chi connectivity index (χ1v) is 9.10. The van der Waals surface area contributed by atoms with Crippen molar-refractivity contribution in [3.63, 3.8) is 0 Å². The number of anilines is 2. The smallest absolute Gasteiger partial charge is 0.240 e. The summed E-state index contributed by atoms with van der Waals surface area (Å²) in [7, 11) is 3.55. The molecule has 28 heavy (non-hydrogen) atoms. The first-order chi connectivity index (χ1) is 13.8. The Labute approximate surface area is 165 Å². The van der Waals surface area contributed by atoms with Crippen LogP contribution in [-0.2, 0) is 6.54 Å². The predicted octanol–water partition coefficient (Wildman–Crippen LogP) is 4.79. The second-order valence-corrected chi connectivity index (χ2v) is 6.08. The lowest BCUT2D eigenvalue weighted by Gasteiger charge is -2.10. The van der Waals surface area contributed by atoms with Crippen molar-refractivity contribution in [3.8, 4) is 5.88 Å². The Hall–Kier alpha value is -3.44. The molecule has 0 fully saturated rings. The van der Waals surface area contributed by atoms with Gasteiger partial charge >= 0.3 is 0 Å². The van der Waals surface area contributed by atoms with Crippen molar-refractivity contribution >= 4 is 22.3 Å². The SMILES string of the molecule is CNCc1ccccc1.COc1nccc2c(Nc3ccccc3)ccnc12. The van der Waals surface area contributed by atoms with Crippen LogP contribution >= 0.6 is 0 Å². The summed E-state index contributed by atoms with van der Waals surface area (Å²) in [5, 5.41) is 7.44. The van der Waals surface area contributed by atoms with Crippen LogP contribution in [0.15, 0.2) is 85.2 Å². The van der Waals surface area contributed by atoms with Crippen LogP contribution in [0.5, 0.6) is 5.88 Å². The summed E-state index contributed by atoms with van der Waals surface area (Å²) in [6.45, 7) is 0.959. The van der Waals surface area contributed by atoms with Gasteiger partial charge in [-0.05, 0) is 36.9 Å². The molecule has 0 aliphatic carbocycles. The lowest BCUT2D eigenvalue weighted by Crippen LogP contribution is -2.04. The summed E-state index contributed by atoms with van der Waals surface area (Å²) in [4.78, 5) is 8.49. The molecule has 0 radical (unpaired) electrons. The van der Waals surface area contributed by atoms with Gasteiger partial charge in [-0.15, -0.1) is 0 Å². The van der Waals surface area contributed by atoms with Crippen LogP contribution in [0, 0.1) is 0 Å². The summed E-state index contributed by atoms with van der Waals surface area (Å²) in [5.74, 6) is 0.536. The minimum Gasteiger partial charge on any atom is -0.479 e. The van der Waals surface area contributed by atoms with Crippen molar-refractivity contribution in [3.05, 3.63) is 90.8 Å². The van der Waals surface area contributed by atoms with Gasteiger partial charge in [-0.3, -0.25) is 4.98 Å². The monoisotopic (exact) mass is 372 g/mol. The third kappa shape index (κ3) is 5.05. The van der Waals surface area contributed by atoms with Gasteiger partial charge in [0.05, 0.1) is 7.11 Å². The van der Waals surface area contributed by atoms with Gasteiger partial charge in [0.1, 0.15) is 5.52 Å². The highest BCUT2D eigenvalue weighted by Crippen LogP contribution is 2.28. The van der Waals surface area contributed by atoms with Gasteiger partial charge in [0.25, 0.3) is 0 Å². The standard InChI is InChI=1S/C15H13N3O.C8H11N/c1-19-15-14-12(7-9-17-15)13(8-10-16-14)18-11-5-3-2-4-6-11;1-9-7-8-5-3-2-4-6-8/h2-10H,1H3,(H,16,18);2-6,9H,7H2,1H3. The van der Waals surface area contributed by atoms with Crippen LogP contribution in [0.2, 0.25) is 0 Å². The molecule has 0 saturated carbocycles. The molecule has 2 aromatic heterocycles. The van der Waals surface area contributed by atoms with Crippen LogP contribution in [0.25, 0.3) is 10.9 Å². The van der Waals surface area contributed by atoms with Crippen LogP contribution in [0.4, 0.5) is 11.4 Å². The van der Waals surface area contributed by atoms with E-state index in [0.717, 1.165) is 28.8 Å². The first kappa shape index (κ1) is 19.3. The van der Waals surface area contributed by atoms with Crippen molar-refractivity contribution in [2.75, 3.05) is 19.5 Å². The van der Waals surface area contributed by atoms with E-state index in [1.165, 1.54) is 5.56 Å². The molecule has 0 bridgehead atoms. The molecule has 0 amide bonds. The predicted molar refractivity (Wildman–Crippen MR) is 115 cm³/mol. The van der Waals surface area contributed by atoms with Gasteiger partial charge in [-0.2, -0.15) is 0 Å². The molecule has 5 nitrogen and oxygen atoms in total. The van der Waals surface area contributed by atoms with Gasteiger partial charge in [0, 0.05) is 35.7 Å². The molecule has 2 N–H and O–H groups in total.